The van der Waals surface area contributed by atoms with Gasteiger partial charge in [0, 0.05) is 26.2 Å². The van der Waals surface area contributed by atoms with E-state index in [2.05, 4.69) is 19.4 Å². The fourth-order valence-corrected chi connectivity index (χ4v) is 3.90. The maximum absolute atomic E-state index is 12.1. The van der Waals surface area contributed by atoms with Crippen LogP contribution in [0, 0.1) is 0 Å². The molecule has 1 aromatic rings. The van der Waals surface area contributed by atoms with Crippen LogP contribution in [-0.2, 0) is 26.0 Å². The van der Waals surface area contributed by atoms with E-state index in [1.807, 2.05) is 0 Å². The predicted octanol–water partition coefficient (Wildman–Crippen LogP) is -4.11. The smallest absolute Gasteiger partial charge is 0.724 e. The van der Waals surface area contributed by atoms with Crippen LogP contribution in [0.1, 0.15) is 24.1 Å². The molecule has 12 nitrogen and oxygen atoms in total. The zero-order valence-electron chi connectivity index (χ0n) is 14.8. The first kappa shape index (κ1) is 20.9. The van der Waals surface area contributed by atoms with E-state index in [9.17, 15) is 17.8 Å². The van der Waals surface area contributed by atoms with Crippen molar-refractivity contribution >= 4 is 16.4 Å². The Bertz CT molecular complexity index is 784. The molecule has 3 fully saturated rings. The summed E-state index contributed by atoms with van der Waals surface area (Å²) in [5, 5.41) is 8.73. The second kappa shape index (κ2) is 8.29. The number of nitrogens with zero attached hydrogens (tertiary/aromatic N) is 5. The standard InChI is InChI=1S/C13H19N5O7S.Na/c19-13-17-2-1-9(10(7-17)18(13)25-26(20,21)22)12-15-14-11(24-12)8-16-3-5-23-6-4-16;/h9-10H,1-8H2,(H,20,21,22);/q;+1/p-1/t9-,10+;/m1./s1. The fraction of sp³-hybridized carbons (Fsp3) is 0.769. The van der Waals surface area contributed by atoms with Gasteiger partial charge in [-0.1, -0.05) is 0 Å². The third-order valence-electron chi connectivity index (χ3n) is 4.78. The number of hydrogen-bond acceptors (Lipinski definition) is 10. The second-order valence-electron chi connectivity index (χ2n) is 6.42. The van der Waals surface area contributed by atoms with Gasteiger partial charge in [-0.2, -0.15) is 9.35 Å². The van der Waals surface area contributed by atoms with Crippen molar-refractivity contribution in [3.05, 3.63) is 11.8 Å². The summed E-state index contributed by atoms with van der Waals surface area (Å²) >= 11 is 0. The summed E-state index contributed by atoms with van der Waals surface area (Å²) in [5.74, 6) is 0.354. The first-order valence-electron chi connectivity index (χ1n) is 8.26. The van der Waals surface area contributed by atoms with Gasteiger partial charge in [0.15, 0.2) is 0 Å². The Hall–Kier alpha value is -0.800. The van der Waals surface area contributed by atoms with Crippen LogP contribution in [0.3, 0.4) is 0 Å². The Balaban J connectivity index is 0.00000210. The minimum atomic E-state index is -5.06. The maximum atomic E-state index is 12.1. The van der Waals surface area contributed by atoms with E-state index in [-0.39, 0.29) is 36.1 Å². The molecule has 2 amide bonds. The molecule has 2 bridgehead atoms. The molecule has 0 spiro atoms. The number of urea groups is 1. The topological polar surface area (TPSA) is 141 Å². The van der Waals surface area contributed by atoms with Crippen LogP contribution >= 0.6 is 0 Å². The van der Waals surface area contributed by atoms with E-state index in [1.165, 1.54) is 4.90 Å². The minimum Gasteiger partial charge on any atom is -0.724 e. The van der Waals surface area contributed by atoms with E-state index in [0.29, 0.717) is 49.6 Å². The number of piperidine rings is 1. The Morgan fingerprint density at radius 3 is 2.67 bits per heavy atom. The summed E-state index contributed by atoms with van der Waals surface area (Å²) in [6.07, 6.45) is 0.508. The van der Waals surface area contributed by atoms with Crippen LogP contribution < -0.4 is 29.6 Å². The molecule has 2 atom stereocenters. The third-order valence-corrected chi connectivity index (χ3v) is 5.12. The van der Waals surface area contributed by atoms with Crippen molar-refractivity contribution in [3.63, 3.8) is 0 Å². The molecule has 0 aromatic carbocycles. The molecule has 144 valence electrons. The Morgan fingerprint density at radius 2 is 1.96 bits per heavy atom. The van der Waals surface area contributed by atoms with Gasteiger partial charge in [-0.05, 0) is 6.42 Å². The van der Waals surface area contributed by atoms with Crippen molar-refractivity contribution in [2.75, 3.05) is 39.4 Å². The SMILES string of the molecule is O=C1N2CC[C@@H](c3nnc(CN4CCOCC4)o3)[C@H](C2)N1OS(=O)(=O)[O-].[Na+]. The van der Waals surface area contributed by atoms with Crippen LogP contribution in [0.15, 0.2) is 4.42 Å². The zero-order valence-corrected chi connectivity index (χ0v) is 17.6. The molecule has 14 heteroatoms. The van der Waals surface area contributed by atoms with E-state index in [4.69, 9.17) is 9.15 Å². The molecule has 0 aliphatic carbocycles. The first-order chi connectivity index (χ1) is 12.4. The van der Waals surface area contributed by atoms with Crippen molar-refractivity contribution in [1.29, 1.82) is 0 Å². The monoisotopic (exact) mass is 411 g/mol. The van der Waals surface area contributed by atoms with E-state index in [1.54, 1.807) is 0 Å². The first-order valence-corrected chi connectivity index (χ1v) is 9.60. The number of rotatable bonds is 5. The molecular weight excluding hydrogens is 393 g/mol. The van der Waals surface area contributed by atoms with Crippen LogP contribution in [0.2, 0.25) is 0 Å². The van der Waals surface area contributed by atoms with Crippen molar-refractivity contribution in [2.24, 2.45) is 0 Å². The summed E-state index contributed by atoms with van der Waals surface area (Å²) in [4.78, 5) is 15.7. The summed E-state index contributed by atoms with van der Waals surface area (Å²) in [6.45, 7) is 3.97. The van der Waals surface area contributed by atoms with Crippen LogP contribution in [0.4, 0.5) is 4.79 Å². The Morgan fingerprint density at radius 1 is 1.22 bits per heavy atom. The predicted molar refractivity (Wildman–Crippen MR) is 81.1 cm³/mol. The number of hydroxylamine groups is 2. The van der Waals surface area contributed by atoms with Gasteiger partial charge in [0.1, 0.15) is 0 Å². The number of aromatic nitrogens is 2. The van der Waals surface area contributed by atoms with E-state index >= 15 is 0 Å². The van der Waals surface area contributed by atoms with Gasteiger partial charge in [-0.3, -0.25) is 4.90 Å². The fourth-order valence-electron chi connectivity index (χ4n) is 3.53. The number of hydrogen-bond donors (Lipinski definition) is 0. The number of carbonyl (C=O) groups excluding carboxylic acids is 1. The molecule has 1 aromatic heterocycles. The second-order valence-corrected chi connectivity index (χ2v) is 7.39. The van der Waals surface area contributed by atoms with Crippen LogP contribution in [0.25, 0.3) is 0 Å². The molecular formula is C13H18N5NaO7S. The summed E-state index contributed by atoms with van der Waals surface area (Å²) in [6, 6.07) is -1.32. The number of morpholine rings is 1. The Kier molecular flexibility index (Phi) is 6.42. The van der Waals surface area contributed by atoms with E-state index in [0.717, 1.165) is 13.1 Å². The number of fused-ring (bicyclic) bond motifs is 2. The molecule has 27 heavy (non-hydrogen) atoms. The molecule has 3 aliphatic rings. The van der Waals surface area contributed by atoms with Gasteiger partial charge in [-0.25, -0.2) is 13.2 Å². The molecule has 4 heterocycles. The molecule has 0 radical (unpaired) electrons. The average Bonchev–Trinajstić information content (AvgIpc) is 3.15. The van der Waals surface area contributed by atoms with Crippen molar-refractivity contribution in [1.82, 2.24) is 25.1 Å². The summed E-state index contributed by atoms with van der Waals surface area (Å²) in [7, 11) is -5.06. The molecule has 0 unspecified atom stereocenters. The van der Waals surface area contributed by atoms with E-state index < -0.39 is 28.4 Å². The zero-order chi connectivity index (χ0) is 18.3. The largest absolute Gasteiger partial charge is 1.00 e. The van der Waals surface area contributed by atoms with Crippen molar-refractivity contribution < 1.29 is 60.8 Å². The number of carbonyl (C=O) groups is 1. The number of amides is 2. The van der Waals surface area contributed by atoms with Crippen molar-refractivity contribution in [3.8, 4) is 0 Å². The number of ether oxygens (including phenoxy) is 1. The molecule has 0 N–H and O–H groups in total. The van der Waals surface area contributed by atoms with Gasteiger partial charge in [-0.15, -0.1) is 10.2 Å². The molecule has 4 rings (SSSR count). The van der Waals surface area contributed by atoms with Crippen LogP contribution in [-0.4, -0.2) is 89.5 Å². The molecule has 3 aliphatic heterocycles. The average molecular weight is 411 g/mol. The normalized spacial score (nSPS) is 26.3. The molecule has 0 saturated carbocycles. The van der Waals surface area contributed by atoms with Gasteiger partial charge in [0.25, 0.3) is 0 Å². The van der Waals surface area contributed by atoms with Gasteiger partial charge in [0.2, 0.25) is 22.2 Å². The Labute approximate surface area is 178 Å². The van der Waals surface area contributed by atoms with Gasteiger partial charge >= 0.3 is 35.6 Å². The third kappa shape index (κ3) is 4.62. The van der Waals surface area contributed by atoms with Gasteiger partial charge in [0.05, 0.1) is 31.7 Å². The minimum absolute atomic E-state index is 0. The quantitative estimate of drug-likeness (QED) is 0.267. The van der Waals surface area contributed by atoms with Crippen molar-refractivity contribution in [2.45, 2.75) is 24.9 Å². The summed E-state index contributed by atoms with van der Waals surface area (Å²) < 4.78 is 48.2. The molecule has 3 saturated heterocycles. The maximum Gasteiger partial charge on any atom is 1.00 e. The van der Waals surface area contributed by atoms with Crippen LogP contribution in [0.5, 0.6) is 0 Å². The van der Waals surface area contributed by atoms with Gasteiger partial charge < -0.3 is 18.6 Å². The summed E-state index contributed by atoms with van der Waals surface area (Å²) in [5.41, 5.74) is 0.